The second kappa shape index (κ2) is 23.1. The largest absolute Gasteiger partial charge is 0.481 e. The van der Waals surface area contributed by atoms with Gasteiger partial charge >= 0.3 is 11.9 Å². The second-order valence-corrected chi connectivity index (χ2v) is 28.9. The van der Waals surface area contributed by atoms with Gasteiger partial charge in [0.15, 0.2) is 19.7 Å². The molecular weight excluding hydrogens is 1110 g/mol. The van der Waals surface area contributed by atoms with Gasteiger partial charge in [0.1, 0.15) is 36.1 Å². The number of halogens is 6. The molecule has 0 aromatic heterocycles. The number of aliphatic carboxylic acids is 2. The summed E-state index contributed by atoms with van der Waals surface area (Å²) in [6, 6.07) is 18.5. The Bertz CT molecular complexity index is 2850. The Morgan fingerprint density at radius 3 is 1.17 bits per heavy atom. The summed E-state index contributed by atoms with van der Waals surface area (Å²) in [5.74, 6) is -6.22. The van der Waals surface area contributed by atoms with Crippen LogP contribution in [-0.2, 0) is 48.3 Å². The van der Waals surface area contributed by atoms with Crippen molar-refractivity contribution >= 4 is 89.8 Å². The summed E-state index contributed by atoms with van der Waals surface area (Å²) in [7, 11) is -7.38. The Balaban J connectivity index is 0.000000221. The van der Waals surface area contributed by atoms with Crippen LogP contribution in [-0.4, -0.2) is 106 Å². The van der Waals surface area contributed by atoms with Crippen molar-refractivity contribution in [2.24, 2.45) is 11.8 Å². The van der Waals surface area contributed by atoms with Gasteiger partial charge in [0, 0.05) is 33.3 Å². The van der Waals surface area contributed by atoms with Gasteiger partial charge in [-0.2, -0.15) is 0 Å². The Hall–Kier alpha value is -4.40. The number of nitrogens with zero attached hydrogens (tertiary/aromatic N) is 2. The molecule has 0 unspecified atom stereocenters. The van der Waals surface area contributed by atoms with E-state index in [1.54, 1.807) is 102 Å². The minimum absolute atomic E-state index is 0.0403. The van der Waals surface area contributed by atoms with Crippen molar-refractivity contribution in [1.82, 2.24) is 9.80 Å². The molecule has 0 radical (unpaired) electrons. The molecule has 4 aromatic rings. The van der Waals surface area contributed by atoms with Crippen LogP contribution in [0.2, 0.25) is 20.1 Å². The van der Waals surface area contributed by atoms with E-state index in [9.17, 15) is 46.2 Å². The van der Waals surface area contributed by atoms with Gasteiger partial charge in [0.05, 0.1) is 56.0 Å². The topological polar surface area (TPSA) is 202 Å². The summed E-state index contributed by atoms with van der Waals surface area (Å²) < 4.78 is 94.3. The van der Waals surface area contributed by atoms with Crippen molar-refractivity contribution in [3.05, 3.63) is 139 Å². The van der Waals surface area contributed by atoms with Crippen LogP contribution < -0.4 is 0 Å². The number of carbonyl (C=O) groups is 4. The number of benzene rings is 4. The highest BCUT2D eigenvalue weighted by Crippen LogP contribution is 2.51. The van der Waals surface area contributed by atoms with Crippen LogP contribution in [0, 0.1) is 23.5 Å². The maximum atomic E-state index is 15.4. The van der Waals surface area contributed by atoms with E-state index in [1.807, 2.05) is 0 Å². The smallest absolute Gasteiger partial charge is 0.306 e. The van der Waals surface area contributed by atoms with E-state index in [4.69, 9.17) is 55.9 Å². The molecule has 0 bridgehead atoms. The first-order chi connectivity index (χ1) is 35.4. The summed E-state index contributed by atoms with van der Waals surface area (Å²) in [6.07, 6.45) is -3.69. The molecule has 0 spiro atoms. The Morgan fingerprint density at radius 2 is 0.895 bits per heavy atom. The monoisotopic (exact) mass is 1170 g/mol. The first-order valence-electron chi connectivity index (χ1n) is 24.6. The number of ether oxygens (including phenoxy) is 2. The van der Waals surface area contributed by atoms with Crippen LogP contribution in [0.25, 0.3) is 0 Å². The molecule has 8 atom stereocenters. The Morgan fingerprint density at radius 1 is 0.579 bits per heavy atom. The van der Waals surface area contributed by atoms with E-state index in [0.29, 0.717) is 46.9 Å². The van der Waals surface area contributed by atoms with Crippen molar-refractivity contribution in [3.8, 4) is 0 Å². The maximum absolute atomic E-state index is 15.4. The maximum Gasteiger partial charge on any atom is 0.306 e. The first-order valence-corrected chi connectivity index (χ1v) is 29.5. The fraction of sp³-hybridized carbons (Fsp3) is 0.481. The third-order valence-corrected chi connectivity index (χ3v) is 20.6. The second-order valence-electron chi connectivity index (χ2n) is 21.7. The summed E-state index contributed by atoms with van der Waals surface area (Å²) in [4.78, 5) is 54.2. The molecule has 8 rings (SSSR count). The average Bonchev–Trinajstić information content (AvgIpc) is 4.27. The van der Waals surface area contributed by atoms with E-state index in [2.05, 4.69) is 0 Å². The molecular formula is C54H60Cl4F2N2O12S2. The third kappa shape index (κ3) is 13.2. The zero-order valence-corrected chi connectivity index (χ0v) is 47.1. The normalized spacial score (nSPS) is 23.4. The average molecular weight is 1170 g/mol. The number of hydrogen-bond acceptors (Lipinski definition) is 10. The van der Waals surface area contributed by atoms with Crippen molar-refractivity contribution < 1.29 is 64.5 Å². The number of hydrogen-bond donors (Lipinski definition) is 2. The molecule has 2 aliphatic heterocycles. The molecule has 4 fully saturated rings. The van der Waals surface area contributed by atoms with Gasteiger partial charge < -0.3 is 29.5 Å². The summed E-state index contributed by atoms with van der Waals surface area (Å²) >= 11 is 24.4. The van der Waals surface area contributed by atoms with E-state index in [-0.39, 0.29) is 44.5 Å². The van der Waals surface area contributed by atoms with Crippen LogP contribution in [0.3, 0.4) is 0 Å². The number of rotatable bonds is 16. The van der Waals surface area contributed by atoms with Gasteiger partial charge in [-0.1, -0.05) is 94.9 Å². The molecule has 2 saturated heterocycles. The lowest BCUT2D eigenvalue weighted by molar-refractivity contribution is -0.183. The number of carboxylic acid groups (broad SMARTS) is 2. The number of sulfone groups is 2. The van der Waals surface area contributed by atoms with Crippen LogP contribution in [0.1, 0.15) is 127 Å². The molecule has 2 saturated carbocycles. The molecule has 4 aliphatic rings. The van der Waals surface area contributed by atoms with Gasteiger partial charge in [-0.15, -0.1) is 0 Å². The quantitative estimate of drug-likeness (QED) is 0.108. The lowest BCUT2D eigenvalue weighted by Crippen LogP contribution is -2.58. The minimum atomic E-state index is -3.69. The highest BCUT2D eigenvalue weighted by atomic mass is 35.5. The van der Waals surface area contributed by atoms with Gasteiger partial charge in [0.25, 0.3) is 11.8 Å². The van der Waals surface area contributed by atoms with E-state index in [0.717, 1.165) is 0 Å². The van der Waals surface area contributed by atoms with Crippen molar-refractivity contribution in [1.29, 1.82) is 0 Å². The lowest BCUT2D eigenvalue weighted by Gasteiger charge is -2.48. The number of carboxylic acids is 2. The molecule has 76 heavy (non-hydrogen) atoms. The zero-order chi connectivity index (χ0) is 56.0. The van der Waals surface area contributed by atoms with Crippen LogP contribution in [0.15, 0.2) is 84.9 Å². The molecule has 2 aliphatic carbocycles. The predicted molar refractivity (Wildman–Crippen MR) is 285 cm³/mol. The molecule has 14 nitrogen and oxygen atoms in total. The Kier molecular flexibility index (Phi) is 18.0. The molecule has 22 heteroatoms. The van der Waals surface area contributed by atoms with Gasteiger partial charge in [-0.05, 0) is 127 Å². The minimum Gasteiger partial charge on any atom is -0.481 e. The molecule has 2 N–H and O–H groups in total. The van der Waals surface area contributed by atoms with Crippen LogP contribution in [0.4, 0.5) is 8.78 Å². The fourth-order valence-electron chi connectivity index (χ4n) is 9.60. The number of morpholine rings is 2. The van der Waals surface area contributed by atoms with Gasteiger partial charge in [-0.25, -0.2) is 25.6 Å². The van der Waals surface area contributed by atoms with E-state index in [1.165, 1.54) is 34.1 Å². The van der Waals surface area contributed by atoms with Crippen molar-refractivity contribution in [2.45, 2.75) is 138 Å². The standard InChI is InChI=1S/2C27H30Cl2FNO6S/c2*1-27(2,3)38(35,36)14-20(15-7-8-15)31-24(16-9-11-17(28)12-10-16)25(18-5-4-6-19(29)23(18)30)37-21(26(31)34)13-22(32)33/h2*4-6,9-12,15,20-21,24-25H,7-8,13-14H2,1-3H3,(H,32,33)/t20-,21+,24-,25-;20-,21-,24-,25-/m11/s1. The lowest BCUT2D eigenvalue weighted by atomic mass is 9.89. The van der Waals surface area contributed by atoms with Crippen molar-refractivity contribution in [2.75, 3.05) is 11.5 Å². The first kappa shape index (κ1) is 59.3. The molecule has 4 aromatic carbocycles. The SMILES string of the molecule is CC(C)(C)S(=O)(=O)C[C@H](C1CC1)N1C(=O)[C@@H](CC(=O)O)O[C@H](c2cccc(Cl)c2F)[C@H]1c1ccc(Cl)cc1.CC(C)(C)S(=O)(=O)C[C@H](C1CC1)N1C(=O)[C@H](CC(=O)O)O[C@H](c2cccc(Cl)c2F)[C@H]1c1ccc(Cl)cc1. The fourth-order valence-corrected chi connectivity index (χ4v) is 13.0. The van der Waals surface area contributed by atoms with Crippen LogP contribution >= 0.6 is 46.4 Å². The Labute approximate surface area is 461 Å². The highest BCUT2D eigenvalue weighted by molar-refractivity contribution is 7.93. The summed E-state index contributed by atoms with van der Waals surface area (Å²) in [5.41, 5.74) is 1.16. The zero-order valence-electron chi connectivity index (χ0n) is 42.5. The van der Waals surface area contributed by atoms with Gasteiger partial charge in [-0.3, -0.25) is 19.2 Å². The predicted octanol–water partition coefficient (Wildman–Crippen LogP) is 11.2. The van der Waals surface area contributed by atoms with Crippen molar-refractivity contribution in [3.63, 3.8) is 0 Å². The van der Waals surface area contributed by atoms with E-state index >= 15 is 8.78 Å². The molecule has 2 amide bonds. The van der Waals surface area contributed by atoms with E-state index < -0.39 is 126 Å². The number of amides is 2. The van der Waals surface area contributed by atoms with Crippen LogP contribution in [0.5, 0.6) is 0 Å². The van der Waals surface area contributed by atoms with Gasteiger partial charge in [0.2, 0.25) is 0 Å². The molecule has 2 heterocycles. The summed E-state index contributed by atoms with van der Waals surface area (Å²) in [5, 5.41) is 19.6. The highest BCUT2D eigenvalue weighted by Gasteiger charge is 2.55. The molecule has 412 valence electrons. The number of carbonyl (C=O) groups excluding carboxylic acids is 2. The third-order valence-electron chi connectivity index (χ3n) is 14.3. The summed E-state index contributed by atoms with van der Waals surface area (Å²) in [6.45, 7) is 9.59.